The van der Waals surface area contributed by atoms with Crippen LogP contribution in [0.25, 0.3) is 0 Å². The molecule has 0 radical (unpaired) electrons. The third-order valence-corrected chi connectivity index (χ3v) is 6.60. The monoisotopic (exact) mass is 479 g/mol. The Morgan fingerprint density at radius 2 is 1.80 bits per heavy atom. The Labute approximate surface area is 208 Å². The molecule has 1 aliphatic heterocycles. The van der Waals surface area contributed by atoms with E-state index in [2.05, 4.69) is 35.1 Å². The molecule has 1 N–H and O–H groups in total. The fourth-order valence-electron chi connectivity index (χ4n) is 4.48. The van der Waals surface area contributed by atoms with E-state index in [4.69, 9.17) is 14.2 Å². The molecule has 0 unspecified atom stereocenters. The summed E-state index contributed by atoms with van der Waals surface area (Å²) in [6, 6.07) is 14.2. The summed E-state index contributed by atoms with van der Waals surface area (Å²) in [7, 11) is 1.66. The highest BCUT2D eigenvalue weighted by molar-refractivity contribution is 5.43. The van der Waals surface area contributed by atoms with Gasteiger partial charge in [-0.3, -0.25) is 9.58 Å². The Balaban J connectivity index is 1.26. The minimum absolute atomic E-state index is 0.323. The maximum absolute atomic E-state index is 11.1. The minimum atomic E-state index is -0.795. The van der Waals surface area contributed by atoms with Crippen LogP contribution in [-0.2, 0) is 13.1 Å². The number of hydrogen-bond donors (Lipinski definition) is 1. The van der Waals surface area contributed by atoms with Gasteiger partial charge in [0.25, 0.3) is 0 Å². The maximum atomic E-state index is 11.1. The van der Waals surface area contributed by atoms with E-state index in [0.29, 0.717) is 26.1 Å². The van der Waals surface area contributed by atoms with Crippen LogP contribution in [0.2, 0.25) is 0 Å². The second kappa shape index (κ2) is 11.6. The van der Waals surface area contributed by atoms with Gasteiger partial charge in [0, 0.05) is 45.0 Å². The van der Waals surface area contributed by atoms with Crippen molar-refractivity contribution in [3.63, 3.8) is 0 Å². The molecule has 0 amide bonds. The highest BCUT2D eigenvalue weighted by atomic mass is 16.5. The van der Waals surface area contributed by atoms with Gasteiger partial charge in [0.1, 0.15) is 18.0 Å². The third-order valence-electron chi connectivity index (χ3n) is 6.60. The Morgan fingerprint density at radius 1 is 1.00 bits per heavy atom. The molecule has 1 saturated heterocycles. The van der Waals surface area contributed by atoms with E-state index >= 15 is 0 Å². The number of aromatic nitrogens is 2. The third kappa shape index (κ3) is 6.99. The smallest absolute Gasteiger partial charge is 0.161 e. The first-order valence-electron chi connectivity index (χ1n) is 12.4. The standard InChI is InChI=1S/C28H37N3O4/c1-22-6-8-25(23(2)18-22)35-21-28(32)10-15-30(16-11-28)20-24-7-9-26(33-3)27(19-24)34-17-5-14-31-13-4-12-29-31/h4,6-9,12-13,18-19,32H,5,10-11,14-17,20-21H2,1-3H3. The van der Waals surface area contributed by atoms with Gasteiger partial charge < -0.3 is 19.3 Å². The molecule has 1 aliphatic rings. The van der Waals surface area contributed by atoms with Crippen LogP contribution in [0.1, 0.15) is 36.0 Å². The van der Waals surface area contributed by atoms with Crippen molar-refractivity contribution < 1.29 is 19.3 Å². The molecular formula is C28H37N3O4. The lowest BCUT2D eigenvalue weighted by Crippen LogP contribution is -2.47. The molecule has 0 bridgehead atoms. The lowest BCUT2D eigenvalue weighted by molar-refractivity contribution is -0.0538. The molecule has 0 saturated carbocycles. The van der Waals surface area contributed by atoms with Gasteiger partial charge in [0.05, 0.1) is 13.7 Å². The summed E-state index contributed by atoms with van der Waals surface area (Å²) < 4.78 is 19.4. The van der Waals surface area contributed by atoms with Crippen LogP contribution in [0, 0.1) is 13.8 Å². The average molecular weight is 480 g/mol. The van der Waals surface area contributed by atoms with Gasteiger partial charge in [-0.2, -0.15) is 5.10 Å². The maximum Gasteiger partial charge on any atom is 0.161 e. The van der Waals surface area contributed by atoms with E-state index in [1.165, 1.54) is 11.1 Å². The highest BCUT2D eigenvalue weighted by Gasteiger charge is 2.33. The van der Waals surface area contributed by atoms with Crippen LogP contribution < -0.4 is 14.2 Å². The first-order chi connectivity index (χ1) is 16.9. The van der Waals surface area contributed by atoms with Crippen molar-refractivity contribution in [3.05, 3.63) is 71.5 Å². The normalized spacial score (nSPS) is 15.7. The molecule has 2 aromatic carbocycles. The molecule has 35 heavy (non-hydrogen) atoms. The number of methoxy groups -OCH3 is 1. The van der Waals surface area contributed by atoms with Crippen molar-refractivity contribution in [2.45, 2.75) is 51.8 Å². The number of nitrogens with zero attached hydrogens (tertiary/aromatic N) is 3. The molecular weight excluding hydrogens is 442 g/mol. The molecule has 7 nitrogen and oxygen atoms in total. The Hall–Kier alpha value is -3.03. The first-order valence-corrected chi connectivity index (χ1v) is 12.4. The van der Waals surface area contributed by atoms with Gasteiger partial charge in [0.15, 0.2) is 11.5 Å². The number of aryl methyl sites for hydroxylation is 3. The van der Waals surface area contributed by atoms with Crippen molar-refractivity contribution in [1.82, 2.24) is 14.7 Å². The zero-order valence-electron chi connectivity index (χ0n) is 21.1. The fraction of sp³-hybridized carbons (Fsp3) is 0.464. The quantitative estimate of drug-likeness (QED) is 0.412. The topological polar surface area (TPSA) is 69.0 Å². The van der Waals surface area contributed by atoms with Crippen LogP contribution >= 0.6 is 0 Å². The molecule has 0 aliphatic carbocycles. The molecule has 1 fully saturated rings. The van der Waals surface area contributed by atoms with E-state index in [1.54, 1.807) is 13.3 Å². The van der Waals surface area contributed by atoms with Gasteiger partial charge in [-0.25, -0.2) is 0 Å². The number of ether oxygens (including phenoxy) is 3. The molecule has 4 rings (SSSR count). The number of benzene rings is 2. The zero-order chi connectivity index (χ0) is 24.7. The summed E-state index contributed by atoms with van der Waals surface area (Å²) in [4.78, 5) is 2.37. The van der Waals surface area contributed by atoms with Gasteiger partial charge in [-0.15, -0.1) is 0 Å². The van der Waals surface area contributed by atoms with E-state index in [-0.39, 0.29) is 0 Å². The van der Waals surface area contributed by atoms with Crippen LogP contribution in [0.4, 0.5) is 0 Å². The largest absolute Gasteiger partial charge is 0.493 e. The van der Waals surface area contributed by atoms with Gasteiger partial charge in [-0.05, 0) is 62.1 Å². The predicted molar refractivity (Wildman–Crippen MR) is 136 cm³/mol. The van der Waals surface area contributed by atoms with Crippen LogP contribution in [0.15, 0.2) is 54.9 Å². The summed E-state index contributed by atoms with van der Waals surface area (Å²) in [5, 5.41) is 15.3. The van der Waals surface area contributed by atoms with Gasteiger partial charge >= 0.3 is 0 Å². The Kier molecular flexibility index (Phi) is 8.31. The zero-order valence-corrected chi connectivity index (χ0v) is 21.1. The number of aliphatic hydroxyl groups is 1. The molecule has 0 spiro atoms. The number of hydrogen-bond acceptors (Lipinski definition) is 6. The van der Waals surface area contributed by atoms with E-state index in [9.17, 15) is 5.11 Å². The molecule has 3 aromatic rings. The molecule has 188 valence electrons. The Bertz CT molecular complexity index is 1080. The van der Waals surface area contributed by atoms with Gasteiger partial charge in [0.2, 0.25) is 0 Å². The van der Waals surface area contributed by atoms with Crippen molar-refractivity contribution in [2.75, 3.05) is 33.4 Å². The first kappa shape index (κ1) is 25.1. The molecule has 1 aromatic heterocycles. The van der Waals surface area contributed by atoms with E-state index in [0.717, 1.165) is 55.4 Å². The van der Waals surface area contributed by atoms with Crippen molar-refractivity contribution in [3.8, 4) is 17.2 Å². The van der Waals surface area contributed by atoms with E-state index < -0.39 is 5.60 Å². The average Bonchev–Trinajstić information content (AvgIpc) is 3.37. The second-order valence-electron chi connectivity index (χ2n) is 9.51. The van der Waals surface area contributed by atoms with Crippen LogP contribution in [-0.4, -0.2) is 58.8 Å². The molecule has 2 heterocycles. The lowest BCUT2D eigenvalue weighted by Gasteiger charge is -2.38. The predicted octanol–water partition coefficient (Wildman–Crippen LogP) is 4.38. The van der Waals surface area contributed by atoms with Crippen molar-refractivity contribution in [1.29, 1.82) is 0 Å². The number of rotatable bonds is 11. The highest BCUT2D eigenvalue weighted by Crippen LogP contribution is 2.30. The van der Waals surface area contributed by atoms with Gasteiger partial charge in [-0.1, -0.05) is 23.8 Å². The fourth-order valence-corrected chi connectivity index (χ4v) is 4.48. The van der Waals surface area contributed by atoms with Crippen LogP contribution in [0.5, 0.6) is 17.2 Å². The lowest BCUT2D eigenvalue weighted by atomic mass is 9.92. The van der Waals surface area contributed by atoms with Crippen LogP contribution in [0.3, 0.4) is 0 Å². The summed E-state index contributed by atoms with van der Waals surface area (Å²) in [5.41, 5.74) is 2.69. The van der Waals surface area contributed by atoms with Crippen molar-refractivity contribution >= 4 is 0 Å². The summed E-state index contributed by atoms with van der Waals surface area (Å²) >= 11 is 0. The summed E-state index contributed by atoms with van der Waals surface area (Å²) in [6.07, 6.45) is 5.98. The summed E-state index contributed by atoms with van der Waals surface area (Å²) in [6.45, 7) is 8.29. The van der Waals surface area contributed by atoms with Crippen molar-refractivity contribution in [2.24, 2.45) is 0 Å². The summed E-state index contributed by atoms with van der Waals surface area (Å²) in [5.74, 6) is 2.35. The molecule has 0 atom stereocenters. The Morgan fingerprint density at radius 3 is 2.51 bits per heavy atom. The minimum Gasteiger partial charge on any atom is -0.493 e. The molecule has 7 heteroatoms. The number of likely N-dealkylation sites (tertiary alicyclic amines) is 1. The second-order valence-corrected chi connectivity index (χ2v) is 9.51. The SMILES string of the molecule is COc1ccc(CN2CCC(O)(COc3ccc(C)cc3C)CC2)cc1OCCCn1cccn1. The number of piperidine rings is 1. The van der Waals surface area contributed by atoms with E-state index in [1.807, 2.05) is 42.1 Å².